The van der Waals surface area contributed by atoms with Gasteiger partial charge in [0.05, 0.1) is 6.04 Å². The van der Waals surface area contributed by atoms with Gasteiger partial charge < -0.3 is 10.6 Å². The summed E-state index contributed by atoms with van der Waals surface area (Å²) < 4.78 is 0. The summed E-state index contributed by atoms with van der Waals surface area (Å²) in [5.41, 5.74) is 0.928. The van der Waals surface area contributed by atoms with Gasteiger partial charge in [0.25, 0.3) is 0 Å². The minimum atomic E-state index is -0.150. The number of nitrogens with one attached hydrogen (secondary N) is 2. The first-order valence-corrected chi connectivity index (χ1v) is 6.73. The summed E-state index contributed by atoms with van der Waals surface area (Å²) in [6.07, 6.45) is 2.04. The summed E-state index contributed by atoms with van der Waals surface area (Å²) in [4.78, 5) is 11.8. The molecule has 2 unspecified atom stereocenters. The first kappa shape index (κ1) is 14.8. The molecule has 3 nitrogen and oxygen atoms in total. The van der Waals surface area contributed by atoms with Crippen LogP contribution in [0.15, 0.2) is 24.3 Å². The van der Waals surface area contributed by atoms with Gasteiger partial charge in [0.2, 0.25) is 0 Å². The summed E-state index contributed by atoms with van der Waals surface area (Å²) in [7, 11) is 0. The molecular weight excluding hydrogens is 248 g/mol. The number of rotatable bonds is 5. The van der Waals surface area contributed by atoms with Crippen LogP contribution in [0.2, 0.25) is 5.02 Å². The second-order valence-electron chi connectivity index (χ2n) is 4.55. The van der Waals surface area contributed by atoms with Crippen molar-refractivity contribution >= 4 is 17.6 Å². The van der Waals surface area contributed by atoms with Gasteiger partial charge in [-0.15, -0.1) is 0 Å². The number of hydrogen-bond donors (Lipinski definition) is 2. The number of carbonyl (C=O) groups excluding carboxylic acids is 1. The maximum atomic E-state index is 11.8. The lowest BCUT2D eigenvalue weighted by Crippen LogP contribution is -2.41. The normalized spacial score (nSPS) is 13.8. The molecule has 0 spiro atoms. The summed E-state index contributed by atoms with van der Waals surface area (Å²) in [6, 6.07) is 7.47. The van der Waals surface area contributed by atoms with Crippen molar-refractivity contribution in [2.24, 2.45) is 0 Å². The van der Waals surface area contributed by atoms with Crippen LogP contribution in [0.1, 0.15) is 45.2 Å². The molecule has 0 saturated carbocycles. The van der Waals surface area contributed by atoms with E-state index in [0.29, 0.717) is 5.02 Å². The average Bonchev–Trinajstić information content (AvgIpc) is 2.29. The Morgan fingerprint density at radius 3 is 2.56 bits per heavy atom. The van der Waals surface area contributed by atoms with Gasteiger partial charge in [0.15, 0.2) is 0 Å². The van der Waals surface area contributed by atoms with Gasteiger partial charge >= 0.3 is 6.03 Å². The Kier molecular flexibility index (Phi) is 5.99. The second-order valence-corrected chi connectivity index (χ2v) is 4.96. The molecule has 1 rings (SSSR count). The van der Waals surface area contributed by atoms with Crippen molar-refractivity contribution in [1.82, 2.24) is 10.6 Å². The molecule has 1 aromatic carbocycles. The lowest BCUT2D eigenvalue weighted by Gasteiger charge is -2.18. The fourth-order valence-corrected chi connectivity index (χ4v) is 2.17. The van der Waals surface area contributed by atoms with Gasteiger partial charge in [-0.3, -0.25) is 0 Å². The van der Waals surface area contributed by atoms with E-state index in [1.54, 1.807) is 0 Å². The average molecular weight is 269 g/mol. The zero-order chi connectivity index (χ0) is 13.5. The standard InChI is InChI=1S/C14H21ClN2O/c1-4-7-10(2)16-14(18)17-11(3)12-8-5-6-9-13(12)15/h5-6,8-11H,4,7H2,1-3H3,(H2,16,17,18). The van der Waals surface area contributed by atoms with Crippen LogP contribution in [-0.2, 0) is 0 Å². The molecule has 100 valence electrons. The smallest absolute Gasteiger partial charge is 0.315 e. The van der Waals surface area contributed by atoms with E-state index >= 15 is 0 Å². The highest BCUT2D eigenvalue weighted by molar-refractivity contribution is 6.31. The molecule has 0 saturated heterocycles. The number of hydrogen-bond acceptors (Lipinski definition) is 1. The molecule has 0 aromatic heterocycles. The van der Waals surface area contributed by atoms with Crippen molar-refractivity contribution in [1.29, 1.82) is 0 Å². The van der Waals surface area contributed by atoms with E-state index < -0.39 is 0 Å². The maximum Gasteiger partial charge on any atom is 0.315 e. The van der Waals surface area contributed by atoms with Crippen molar-refractivity contribution in [3.63, 3.8) is 0 Å². The molecule has 2 amide bonds. The largest absolute Gasteiger partial charge is 0.336 e. The molecule has 0 aliphatic carbocycles. The fraction of sp³-hybridized carbons (Fsp3) is 0.500. The first-order chi connectivity index (χ1) is 8.54. The minimum absolute atomic E-state index is 0.104. The van der Waals surface area contributed by atoms with Gasteiger partial charge in [-0.05, 0) is 31.9 Å². The molecule has 1 aromatic rings. The number of amides is 2. The van der Waals surface area contributed by atoms with Crippen LogP contribution in [0.3, 0.4) is 0 Å². The number of urea groups is 1. The van der Waals surface area contributed by atoms with Crippen LogP contribution in [0.5, 0.6) is 0 Å². The third-order valence-electron chi connectivity index (χ3n) is 2.82. The Bertz CT molecular complexity index is 395. The maximum absolute atomic E-state index is 11.8. The topological polar surface area (TPSA) is 41.1 Å². The van der Waals surface area contributed by atoms with Crippen molar-refractivity contribution in [2.75, 3.05) is 0 Å². The van der Waals surface area contributed by atoms with E-state index in [1.165, 1.54) is 0 Å². The van der Waals surface area contributed by atoms with Gasteiger partial charge in [0, 0.05) is 11.1 Å². The molecule has 2 atom stereocenters. The van der Waals surface area contributed by atoms with E-state index in [9.17, 15) is 4.79 Å². The van der Waals surface area contributed by atoms with Crippen LogP contribution < -0.4 is 10.6 Å². The minimum Gasteiger partial charge on any atom is -0.336 e. The van der Waals surface area contributed by atoms with Gasteiger partial charge in [-0.1, -0.05) is 43.1 Å². The Morgan fingerprint density at radius 1 is 1.28 bits per heavy atom. The van der Waals surface area contributed by atoms with E-state index in [1.807, 2.05) is 38.1 Å². The lowest BCUT2D eigenvalue weighted by molar-refractivity contribution is 0.234. The predicted molar refractivity (Wildman–Crippen MR) is 75.9 cm³/mol. The Balaban J connectivity index is 2.52. The van der Waals surface area contributed by atoms with Gasteiger partial charge in [-0.25, -0.2) is 4.79 Å². The zero-order valence-corrected chi connectivity index (χ0v) is 11.9. The molecular formula is C14H21ClN2O. The highest BCUT2D eigenvalue weighted by atomic mass is 35.5. The first-order valence-electron chi connectivity index (χ1n) is 6.36. The Morgan fingerprint density at radius 2 is 1.94 bits per heavy atom. The van der Waals surface area contributed by atoms with Gasteiger partial charge in [0.1, 0.15) is 0 Å². The third kappa shape index (κ3) is 4.57. The molecule has 4 heteroatoms. The van der Waals surface area contributed by atoms with E-state index in [-0.39, 0.29) is 18.1 Å². The highest BCUT2D eigenvalue weighted by Gasteiger charge is 2.13. The number of halogens is 1. The SMILES string of the molecule is CCCC(C)NC(=O)NC(C)c1ccccc1Cl. The monoisotopic (exact) mass is 268 g/mol. The molecule has 0 fully saturated rings. The van der Waals surface area contributed by atoms with Crippen molar-refractivity contribution in [2.45, 2.75) is 45.7 Å². The quantitative estimate of drug-likeness (QED) is 0.836. The van der Waals surface area contributed by atoms with Crippen molar-refractivity contribution in [3.05, 3.63) is 34.9 Å². The van der Waals surface area contributed by atoms with Crippen LogP contribution >= 0.6 is 11.6 Å². The van der Waals surface area contributed by atoms with Crippen molar-refractivity contribution < 1.29 is 4.79 Å². The summed E-state index contributed by atoms with van der Waals surface area (Å²) in [5.74, 6) is 0. The number of carbonyl (C=O) groups is 1. The van der Waals surface area contributed by atoms with E-state index in [2.05, 4.69) is 17.6 Å². The molecule has 0 heterocycles. The van der Waals surface area contributed by atoms with Crippen LogP contribution in [0.25, 0.3) is 0 Å². The number of benzene rings is 1. The lowest BCUT2D eigenvalue weighted by atomic mass is 10.1. The highest BCUT2D eigenvalue weighted by Crippen LogP contribution is 2.21. The van der Waals surface area contributed by atoms with Crippen LogP contribution in [0.4, 0.5) is 4.79 Å². The Labute approximate surface area is 114 Å². The molecule has 0 aliphatic rings. The molecule has 0 aliphatic heterocycles. The van der Waals surface area contributed by atoms with Crippen molar-refractivity contribution in [3.8, 4) is 0 Å². The summed E-state index contributed by atoms with van der Waals surface area (Å²) >= 11 is 6.09. The van der Waals surface area contributed by atoms with E-state index in [4.69, 9.17) is 11.6 Å². The third-order valence-corrected chi connectivity index (χ3v) is 3.16. The molecule has 2 N–H and O–H groups in total. The molecule has 0 bridgehead atoms. The molecule has 18 heavy (non-hydrogen) atoms. The summed E-state index contributed by atoms with van der Waals surface area (Å²) in [6.45, 7) is 6.02. The molecule has 0 radical (unpaired) electrons. The fourth-order valence-electron chi connectivity index (χ4n) is 1.87. The Hall–Kier alpha value is -1.22. The van der Waals surface area contributed by atoms with Crippen LogP contribution in [-0.4, -0.2) is 12.1 Å². The second kappa shape index (κ2) is 7.27. The van der Waals surface area contributed by atoms with Crippen LogP contribution in [0, 0.1) is 0 Å². The summed E-state index contributed by atoms with van der Waals surface area (Å²) in [5, 5.41) is 6.47. The van der Waals surface area contributed by atoms with E-state index in [0.717, 1.165) is 18.4 Å². The van der Waals surface area contributed by atoms with Gasteiger partial charge in [-0.2, -0.15) is 0 Å². The predicted octanol–water partition coefficient (Wildman–Crippen LogP) is 3.89. The zero-order valence-electron chi connectivity index (χ0n) is 11.2.